The van der Waals surface area contributed by atoms with Gasteiger partial charge in [0.25, 0.3) is 0 Å². The van der Waals surface area contributed by atoms with Crippen molar-refractivity contribution in [1.29, 1.82) is 0 Å². The minimum Gasteiger partial charge on any atom is -0.309 e. The standard InChI is InChI=1S/C16H30N3S/c1-18(2)11-5-7-13-15(9-11)20-16-10-12(19(3)4)6-8-14(16)17-13/h11,13-17H,5-10H2,1-4H3/q+1. The lowest BCUT2D eigenvalue weighted by Crippen LogP contribution is -2.59. The van der Waals surface area contributed by atoms with Gasteiger partial charge in [-0.2, -0.15) is 11.8 Å². The number of nitrogens with one attached hydrogen (secondary N) is 1. The van der Waals surface area contributed by atoms with Crippen molar-refractivity contribution < 1.29 is 4.58 Å². The van der Waals surface area contributed by atoms with Gasteiger partial charge >= 0.3 is 0 Å². The lowest BCUT2D eigenvalue weighted by Gasteiger charge is -2.48. The van der Waals surface area contributed by atoms with Gasteiger partial charge in [-0.25, -0.2) is 4.58 Å². The first kappa shape index (κ1) is 14.9. The van der Waals surface area contributed by atoms with Crippen molar-refractivity contribution in [3.63, 3.8) is 0 Å². The quantitative estimate of drug-likeness (QED) is 0.745. The second-order valence-corrected chi connectivity index (χ2v) is 8.71. The van der Waals surface area contributed by atoms with E-state index in [4.69, 9.17) is 0 Å². The van der Waals surface area contributed by atoms with Crippen molar-refractivity contribution in [1.82, 2.24) is 10.2 Å². The molecule has 0 radical (unpaired) electrons. The van der Waals surface area contributed by atoms with Crippen LogP contribution in [0.25, 0.3) is 0 Å². The Morgan fingerprint density at radius 2 is 1.85 bits per heavy atom. The molecule has 5 unspecified atom stereocenters. The number of thioether (sulfide) groups is 1. The molecule has 1 aliphatic heterocycles. The van der Waals surface area contributed by atoms with Crippen LogP contribution in [0, 0.1) is 0 Å². The highest BCUT2D eigenvalue weighted by molar-refractivity contribution is 8.00. The van der Waals surface area contributed by atoms with Gasteiger partial charge in [0.15, 0.2) is 5.71 Å². The summed E-state index contributed by atoms with van der Waals surface area (Å²) in [4.78, 5) is 2.43. The minimum atomic E-state index is 0.765. The number of hydrogen-bond acceptors (Lipinski definition) is 3. The van der Waals surface area contributed by atoms with Gasteiger partial charge in [-0.05, 0) is 39.8 Å². The van der Waals surface area contributed by atoms with E-state index in [1.165, 1.54) is 38.5 Å². The van der Waals surface area contributed by atoms with Crippen LogP contribution in [0.5, 0.6) is 0 Å². The maximum atomic E-state index is 4.01. The van der Waals surface area contributed by atoms with Gasteiger partial charge in [-0.3, -0.25) is 0 Å². The first-order valence-corrected chi connectivity index (χ1v) is 9.09. The van der Waals surface area contributed by atoms with Gasteiger partial charge in [0.2, 0.25) is 0 Å². The van der Waals surface area contributed by atoms with E-state index in [1.54, 1.807) is 5.71 Å². The third-order valence-corrected chi connectivity index (χ3v) is 7.25. The summed E-state index contributed by atoms with van der Waals surface area (Å²) in [7, 11) is 8.91. The van der Waals surface area contributed by atoms with Crippen molar-refractivity contribution in [3.05, 3.63) is 0 Å². The van der Waals surface area contributed by atoms with Crippen LogP contribution in [0.2, 0.25) is 0 Å². The summed E-state index contributed by atoms with van der Waals surface area (Å²) in [6.45, 7) is 0. The largest absolute Gasteiger partial charge is 0.309 e. The fraction of sp³-hybridized carbons (Fsp3) is 0.938. The Labute approximate surface area is 128 Å². The van der Waals surface area contributed by atoms with Crippen LogP contribution < -0.4 is 5.32 Å². The fourth-order valence-corrected chi connectivity index (χ4v) is 6.02. The van der Waals surface area contributed by atoms with Gasteiger partial charge in [0.1, 0.15) is 14.1 Å². The molecule has 3 rings (SSSR count). The molecule has 2 saturated carbocycles. The smallest absolute Gasteiger partial charge is 0.153 e. The fourth-order valence-electron chi connectivity index (χ4n) is 4.14. The zero-order valence-corrected chi connectivity index (χ0v) is 14.2. The molecule has 0 aromatic heterocycles. The molecule has 114 valence electrons. The molecule has 1 heterocycles. The predicted octanol–water partition coefficient (Wildman–Crippen LogP) is 1.81. The minimum absolute atomic E-state index is 0.765. The molecule has 0 aromatic rings. The van der Waals surface area contributed by atoms with Crippen LogP contribution in [0.3, 0.4) is 0 Å². The van der Waals surface area contributed by atoms with Gasteiger partial charge < -0.3 is 10.2 Å². The number of rotatable bonds is 1. The van der Waals surface area contributed by atoms with Crippen molar-refractivity contribution >= 4 is 17.5 Å². The van der Waals surface area contributed by atoms with Crippen molar-refractivity contribution in [2.75, 3.05) is 28.2 Å². The van der Waals surface area contributed by atoms with Crippen molar-refractivity contribution in [2.45, 2.75) is 67.2 Å². The molecule has 4 heteroatoms. The maximum Gasteiger partial charge on any atom is 0.153 e. The van der Waals surface area contributed by atoms with Crippen LogP contribution in [-0.4, -0.2) is 72.0 Å². The van der Waals surface area contributed by atoms with E-state index in [9.17, 15) is 0 Å². The molecule has 1 saturated heterocycles. The summed E-state index contributed by atoms with van der Waals surface area (Å²) >= 11 is 2.30. The van der Waals surface area contributed by atoms with Gasteiger partial charge in [0.05, 0.1) is 0 Å². The van der Waals surface area contributed by atoms with Crippen molar-refractivity contribution in [2.24, 2.45) is 0 Å². The van der Waals surface area contributed by atoms with E-state index in [0.29, 0.717) is 0 Å². The topological polar surface area (TPSA) is 18.3 Å². The molecule has 0 spiro atoms. The molecule has 1 N–H and O–H groups in total. The summed E-state index contributed by atoms with van der Waals surface area (Å²) in [6.07, 6.45) is 8.04. The lowest BCUT2D eigenvalue weighted by atomic mass is 9.86. The average molecular weight is 297 g/mol. The lowest BCUT2D eigenvalue weighted by molar-refractivity contribution is -0.467. The molecule has 0 bridgehead atoms. The molecule has 3 nitrogen and oxygen atoms in total. The second kappa shape index (κ2) is 5.98. The summed E-state index contributed by atoms with van der Waals surface area (Å²) in [5.74, 6) is 0. The zero-order valence-electron chi connectivity index (χ0n) is 13.4. The number of hydrogen-bond donors (Lipinski definition) is 1. The van der Waals surface area contributed by atoms with E-state index in [2.05, 4.69) is 54.7 Å². The summed E-state index contributed by atoms with van der Waals surface area (Å²) in [5.41, 5.74) is 1.65. The van der Waals surface area contributed by atoms with E-state index in [0.717, 1.165) is 28.6 Å². The Kier molecular flexibility index (Phi) is 4.44. The predicted molar refractivity (Wildman–Crippen MR) is 88.2 cm³/mol. The second-order valence-electron chi connectivity index (χ2n) is 7.23. The summed E-state index contributed by atoms with van der Waals surface area (Å²) in [5, 5.41) is 5.65. The van der Waals surface area contributed by atoms with E-state index in [-0.39, 0.29) is 0 Å². The Morgan fingerprint density at radius 1 is 1.10 bits per heavy atom. The Hall–Kier alpha value is -0.0600. The third-order valence-electron chi connectivity index (χ3n) is 5.53. The van der Waals surface area contributed by atoms with Gasteiger partial charge in [-0.15, -0.1) is 0 Å². The Bertz CT molecular complexity index is 389. The molecule has 3 aliphatic rings. The molecular formula is C16H30N3S+. The highest BCUT2D eigenvalue weighted by atomic mass is 32.2. The highest BCUT2D eigenvalue weighted by Gasteiger charge is 2.43. The van der Waals surface area contributed by atoms with Gasteiger partial charge in [0, 0.05) is 41.5 Å². The zero-order chi connectivity index (χ0) is 14.3. The third kappa shape index (κ3) is 2.93. The first-order valence-electron chi connectivity index (χ1n) is 8.14. The van der Waals surface area contributed by atoms with Crippen LogP contribution in [0.4, 0.5) is 0 Å². The first-order chi connectivity index (χ1) is 9.54. The van der Waals surface area contributed by atoms with Crippen LogP contribution in [0.15, 0.2) is 0 Å². The summed E-state index contributed by atoms with van der Waals surface area (Å²) < 4.78 is 2.35. The number of nitrogens with zero attached hydrogens (tertiary/aromatic N) is 2. The molecule has 20 heavy (non-hydrogen) atoms. The van der Waals surface area contributed by atoms with Crippen LogP contribution in [-0.2, 0) is 0 Å². The molecule has 2 aliphatic carbocycles. The molecule has 5 atom stereocenters. The number of fused-ring (bicyclic) bond motifs is 2. The van der Waals surface area contributed by atoms with Crippen molar-refractivity contribution in [3.8, 4) is 0 Å². The van der Waals surface area contributed by atoms with Crippen LogP contribution >= 0.6 is 11.8 Å². The average Bonchev–Trinajstić information content (AvgIpc) is 2.43. The Balaban J connectivity index is 1.67. The van der Waals surface area contributed by atoms with E-state index >= 15 is 0 Å². The van der Waals surface area contributed by atoms with Crippen LogP contribution in [0.1, 0.15) is 38.5 Å². The monoisotopic (exact) mass is 296 g/mol. The summed E-state index contributed by atoms with van der Waals surface area (Å²) in [6, 6.07) is 2.34. The van der Waals surface area contributed by atoms with E-state index < -0.39 is 0 Å². The SMILES string of the molecule is CN(C)C1CCC2NC3CCC(=[N+](C)C)CC3SC2C1. The normalized spacial score (nSPS) is 41.2. The molecular weight excluding hydrogens is 266 g/mol. The molecule has 0 amide bonds. The van der Waals surface area contributed by atoms with E-state index in [1.807, 2.05) is 0 Å². The Morgan fingerprint density at radius 3 is 2.55 bits per heavy atom. The maximum absolute atomic E-state index is 4.01. The molecule has 0 aromatic carbocycles. The highest BCUT2D eigenvalue weighted by Crippen LogP contribution is 2.41. The molecule has 3 fully saturated rings. The van der Waals surface area contributed by atoms with Gasteiger partial charge in [-0.1, -0.05) is 0 Å².